The molecule has 0 N–H and O–H groups in total. The Bertz CT molecular complexity index is 249. The second-order valence-corrected chi connectivity index (χ2v) is 4.78. The van der Waals surface area contributed by atoms with Crippen molar-refractivity contribution < 1.29 is 4.74 Å². The van der Waals surface area contributed by atoms with Crippen LogP contribution >= 0.6 is 0 Å². The van der Waals surface area contributed by atoms with Crippen molar-refractivity contribution in [3.63, 3.8) is 0 Å². The fourth-order valence-corrected chi connectivity index (χ4v) is 2.49. The maximum Gasteiger partial charge on any atom is 0.0950 e. The van der Waals surface area contributed by atoms with Crippen molar-refractivity contribution in [3.8, 4) is 6.07 Å². The quantitative estimate of drug-likeness (QED) is 0.706. The Morgan fingerprint density at radius 3 is 2.69 bits per heavy atom. The van der Waals surface area contributed by atoms with Crippen LogP contribution in [0.25, 0.3) is 0 Å². The maximum absolute atomic E-state index is 8.86. The summed E-state index contributed by atoms with van der Waals surface area (Å²) in [5.41, 5.74) is 0. The van der Waals surface area contributed by atoms with E-state index in [1.807, 2.05) is 6.92 Å². The molecule has 0 aromatic heterocycles. The smallest absolute Gasteiger partial charge is 0.0950 e. The van der Waals surface area contributed by atoms with Crippen molar-refractivity contribution in [2.75, 3.05) is 39.3 Å². The molecule has 2 rings (SSSR count). The third-order valence-corrected chi connectivity index (χ3v) is 3.63. The number of ether oxygens (including phenoxy) is 1. The topological polar surface area (TPSA) is 39.5 Å². The van der Waals surface area contributed by atoms with Crippen molar-refractivity contribution >= 4 is 0 Å². The van der Waals surface area contributed by atoms with Gasteiger partial charge in [-0.05, 0) is 19.8 Å². The van der Waals surface area contributed by atoms with E-state index in [0.29, 0.717) is 6.10 Å². The highest BCUT2D eigenvalue weighted by molar-refractivity contribution is 4.90. The zero-order valence-corrected chi connectivity index (χ0v) is 10.1. The lowest BCUT2D eigenvalue weighted by atomic mass is 10.2. The average Bonchev–Trinajstić information content (AvgIpc) is 2.82. The molecule has 90 valence electrons. The summed E-state index contributed by atoms with van der Waals surface area (Å²) in [5.74, 6) is 0. The summed E-state index contributed by atoms with van der Waals surface area (Å²) in [7, 11) is 0. The van der Waals surface area contributed by atoms with Gasteiger partial charge in [0.05, 0.1) is 18.2 Å². The fraction of sp³-hybridized carbons (Fsp3) is 0.917. The molecule has 0 radical (unpaired) electrons. The molecule has 0 spiro atoms. The molecule has 0 unspecified atom stereocenters. The second-order valence-electron chi connectivity index (χ2n) is 4.78. The Morgan fingerprint density at radius 1 is 1.38 bits per heavy atom. The Hall–Kier alpha value is -0.630. The van der Waals surface area contributed by atoms with Gasteiger partial charge in [-0.1, -0.05) is 0 Å². The number of hydrogen-bond acceptors (Lipinski definition) is 4. The second kappa shape index (κ2) is 5.62. The van der Waals surface area contributed by atoms with E-state index in [-0.39, 0.29) is 6.04 Å². The van der Waals surface area contributed by atoms with Gasteiger partial charge in [0.2, 0.25) is 0 Å². The van der Waals surface area contributed by atoms with Crippen LogP contribution in [-0.4, -0.2) is 61.3 Å². The first kappa shape index (κ1) is 11.8. The molecular formula is C12H21N3O. The van der Waals surface area contributed by atoms with Gasteiger partial charge in [0.25, 0.3) is 0 Å². The molecule has 2 heterocycles. The summed E-state index contributed by atoms with van der Waals surface area (Å²) >= 11 is 0. The van der Waals surface area contributed by atoms with Crippen LogP contribution in [0.1, 0.15) is 19.8 Å². The minimum atomic E-state index is 0.0601. The third kappa shape index (κ3) is 2.94. The van der Waals surface area contributed by atoms with Crippen LogP contribution in [0.15, 0.2) is 0 Å². The highest BCUT2D eigenvalue weighted by Crippen LogP contribution is 2.14. The predicted molar refractivity (Wildman–Crippen MR) is 62.1 cm³/mol. The van der Waals surface area contributed by atoms with Crippen LogP contribution in [0.3, 0.4) is 0 Å². The highest BCUT2D eigenvalue weighted by atomic mass is 16.5. The molecule has 4 nitrogen and oxygen atoms in total. The van der Waals surface area contributed by atoms with E-state index >= 15 is 0 Å². The van der Waals surface area contributed by atoms with E-state index in [1.165, 1.54) is 12.8 Å². The maximum atomic E-state index is 8.86. The Kier molecular flexibility index (Phi) is 4.16. The zero-order chi connectivity index (χ0) is 11.4. The molecule has 2 fully saturated rings. The van der Waals surface area contributed by atoms with Gasteiger partial charge in [0, 0.05) is 39.3 Å². The summed E-state index contributed by atoms with van der Waals surface area (Å²) in [5, 5.41) is 8.86. The Morgan fingerprint density at radius 2 is 2.12 bits per heavy atom. The van der Waals surface area contributed by atoms with Crippen molar-refractivity contribution in [3.05, 3.63) is 0 Å². The molecule has 0 saturated carbocycles. The highest BCUT2D eigenvalue weighted by Gasteiger charge is 2.24. The van der Waals surface area contributed by atoms with Gasteiger partial charge in [-0.3, -0.25) is 9.80 Å². The number of nitrogens with zero attached hydrogens (tertiary/aromatic N) is 3. The lowest BCUT2D eigenvalue weighted by molar-refractivity contribution is 0.0470. The van der Waals surface area contributed by atoms with Crippen LogP contribution < -0.4 is 0 Å². The van der Waals surface area contributed by atoms with Crippen molar-refractivity contribution in [1.82, 2.24) is 9.80 Å². The monoisotopic (exact) mass is 223 g/mol. The fourth-order valence-electron chi connectivity index (χ4n) is 2.49. The minimum absolute atomic E-state index is 0.0601. The molecule has 2 saturated heterocycles. The van der Waals surface area contributed by atoms with Gasteiger partial charge >= 0.3 is 0 Å². The molecule has 2 atom stereocenters. The van der Waals surface area contributed by atoms with Crippen LogP contribution in [-0.2, 0) is 4.74 Å². The van der Waals surface area contributed by atoms with Crippen LogP contribution in [0.4, 0.5) is 0 Å². The minimum Gasteiger partial charge on any atom is -0.377 e. The molecule has 0 aliphatic carbocycles. The average molecular weight is 223 g/mol. The van der Waals surface area contributed by atoms with E-state index < -0.39 is 0 Å². The SMILES string of the molecule is C[C@H](C#N)N1CCN(C[C@@H]2CCCO2)CC1. The van der Waals surface area contributed by atoms with Crippen LogP contribution in [0.5, 0.6) is 0 Å². The van der Waals surface area contributed by atoms with E-state index in [0.717, 1.165) is 39.3 Å². The summed E-state index contributed by atoms with van der Waals surface area (Å²) < 4.78 is 5.64. The zero-order valence-electron chi connectivity index (χ0n) is 10.1. The Balaban J connectivity index is 1.70. The van der Waals surface area contributed by atoms with E-state index in [2.05, 4.69) is 15.9 Å². The number of piperazine rings is 1. The molecule has 0 aromatic carbocycles. The van der Waals surface area contributed by atoms with E-state index in [4.69, 9.17) is 10.00 Å². The first-order chi connectivity index (χ1) is 7.79. The van der Waals surface area contributed by atoms with Crippen molar-refractivity contribution in [2.45, 2.75) is 31.9 Å². The molecule has 16 heavy (non-hydrogen) atoms. The number of rotatable bonds is 3. The molecule has 0 aromatic rings. The van der Waals surface area contributed by atoms with Gasteiger partial charge in [0.1, 0.15) is 0 Å². The van der Waals surface area contributed by atoms with Crippen LogP contribution in [0.2, 0.25) is 0 Å². The largest absolute Gasteiger partial charge is 0.377 e. The van der Waals surface area contributed by atoms with Gasteiger partial charge in [-0.2, -0.15) is 5.26 Å². The summed E-state index contributed by atoms with van der Waals surface area (Å²) in [4.78, 5) is 4.72. The van der Waals surface area contributed by atoms with Crippen LogP contribution in [0, 0.1) is 11.3 Å². The molecular weight excluding hydrogens is 202 g/mol. The van der Waals surface area contributed by atoms with Gasteiger partial charge in [0.15, 0.2) is 0 Å². The molecule has 2 aliphatic heterocycles. The van der Waals surface area contributed by atoms with Gasteiger partial charge in [-0.25, -0.2) is 0 Å². The molecule has 4 heteroatoms. The van der Waals surface area contributed by atoms with E-state index in [1.54, 1.807) is 0 Å². The normalized spacial score (nSPS) is 30.1. The van der Waals surface area contributed by atoms with Crippen molar-refractivity contribution in [2.24, 2.45) is 0 Å². The lowest BCUT2D eigenvalue weighted by Crippen LogP contribution is -2.50. The third-order valence-electron chi connectivity index (χ3n) is 3.63. The van der Waals surface area contributed by atoms with Gasteiger partial charge in [-0.15, -0.1) is 0 Å². The van der Waals surface area contributed by atoms with Gasteiger partial charge < -0.3 is 4.74 Å². The first-order valence-corrected chi connectivity index (χ1v) is 6.27. The number of nitriles is 1. The lowest BCUT2D eigenvalue weighted by Gasteiger charge is -2.36. The Labute approximate surface area is 97.8 Å². The summed E-state index contributed by atoms with van der Waals surface area (Å²) in [6.45, 7) is 8.18. The molecule has 0 amide bonds. The molecule has 2 aliphatic rings. The van der Waals surface area contributed by atoms with E-state index in [9.17, 15) is 0 Å². The number of hydrogen-bond donors (Lipinski definition) is 0. The standard InChI is InChI=1S/C12H21N3O/c1-11(9-13)15-6-4-14(5-7-15)10-12-3-2-8-16-12/h11-12H,2-8,10H2,1H3/t11-,12+/m1/s1. The molecule has 0 bridgehead atoms. The summed E-state index contributed by atoms with van der Waals surface area (Å²) in [6, 6.07) is 2.37. The summed E-state index contributed by atoms with van der Waals surface area (Å²) in [6.07, 6.45) is 2.89. The predicted octanol–water partition coefficient (Wildman–Crippen LogP) is 0.695. The van der Waals surface area contributed by atoms with Crippen molar-refractivity contribution in [1.29, 1.82) is 5.26 Å². The first-order valence-electron chi connectivity index (χ1n) is 6.27.